The number of hydrogen-bond donors (Lipinski definition) is 0. The van der Waals surface area contributed by atoms with E-state index in [1.54, 1.807) is 5.57 Å². The van der Waals surface area contributed by atoms with Crippen molar-refractivity contribution in [2.45, 2.75) is 32.6 Å². The molecule has 0 radical (unpaired) electrons. The molecule has 1 nitrogen and oxygen atoms in total. The maximum Gasteiger partial charge on any atom is -0.00190 e. The van der Waals surface area contributed by atoms with Crippen LogP contribution in [-0.4, -0.2) is 25.0 Å². The van der Waals surface area contributed by atoms with Crippen LogP contribution in [0.2, 0.25) is 0 Å². The number of allylic oxidation sites excluding steroid dienone is 4. The third kappa shape index (κ3) is 2.94. The van der Waals surface area contributed by atoms with Crippen molar-refractivity contribution >= 4 is 0 Å². The van der Waals surface area contributed by atoms with Gasteiger partial charge in [0, 0.05) is 0 Å². The summed E-state index contributed by atoms with van der Waals surface area (Å²) in [6, 6.07) is 0. The molecule has 1 heteroatoms. The van der Waals surface area contributed by atoms with Gasteiger partial charge in [0.15, 0.2) is 0 Å². The standard InChI is InChI=1S/C14H23N/c1-12-5-3-4-6-14(12)11-13-7-9-15(2)10-8-13/h3-4,6,12-13H,5,7-11H2,1-2H3. The van der Waals surface area contributed by atoms with E-state index in [-0.39, 0.29) is 0 Å². The van der Waals surface area contributed by atoms with Gasteiger partial charge in [-0.05, 0) is 57.7 Å². The van der Waals surface area contributed by atoms with Crippen LogP contribution in [0.5, 0.6) is 0 Å². The van der Waals surface area contributed by atoms with Crippen molar-refractivity contribution in [3.05, 3.63) is 23.8 Å². The Hall–Kier alpha value is -0.560. The van der Waals surface area contributed by atoms with Gasteiger partial charge < -0.3 is 4.90 Å². The lowest BCUT2D eigenvalue weighted by Gasteiger charge is -2.31. The topological polar surface area (TPSA) is 3.24 Å². The fourth-order valence-electron chi connectivity index (χ4n) is 2.66. The van der Waals surface area contributed by atoms with Crippen molar-refractivity contribution < 1.29 is 0 Å². The van der Waals surface area contributed by atoms with Gasteiger partial charge in [0.2, 0.25) is 0 Å². The molecule has 0 aromatic rings. The third-order valence-electron chi connectivity index (χ3n) is 3.93. The van der Waals surface area contributed by atoms with E-state index < -0.39 is 0 Å². The van der Waals surface area contributed by atoms with Gasteiger partial charge in [-0.2, -0.15) is 0 Å². The van der Waals surface area contributed by atoms with Gasteiger partial charge in [-0.15, -0.1) is 0 Å². The van der Waals surface area contributed by atoms with Gasteiger partial charge in [0.05, 0.1) is 0 Å². The SMILES string of the molecule is CC1CC=CC=C1CC1CCN(C)CC1. The quantitative estimate of drug-likeness (QED) is 0.669. The molecule has 0 spiro atoms. The van der Waals surface area contributed by atoms with Gasteiger partial charge in [0.25, 0.3) is 0 Å². The van der Waals surface area contributed by atoms with Crippen molar-refractivity contribution in [1.82, 2.24) is 4.90 Å². The van der Waals surface area contributed by atoms with E-state index in [9.17, 15) is 0 Å². The van der Waals surface area contributed by atoms with Crippen molar-refractivity contribution in [3.8, 4) is 0 Å². The second-order valence-corrected chi connectivity index (χ2v) is 5.26. The average Bonchev–Trinajstić information content (AvgIpc) is 2.25. The Labute approximate surface area is 93.9 Å². The summed E-state index contributed by atoms with van der Waals surface area (Å²) in [5.41, 5.74) is 1.69. The van der Waals surface area contributed by atoms with Crippen LogP contribution in [0.15, 0.2) is 23.8 Å². The normalized spacial score (nSPS) is 29.2. The lowest BCUT2D eigenvalue weighted by Crippen LogP contribution is -2.30. The predicted octanol–water partition coefficient (Wildman–Crippen LogP) is 3.24. The largest absolute Gasteiger partial charge is 0.306 e. The smallest absolute Gasteiger partial charge is 0.00190 e. The molecule has 1 fully saturated rings. The molecule has 1 aliphatic heterocycles. The fourth-order valence-corrected chi connectivity index (χ4v) is 2.66. The maximum absolute atomic E-state index is 2.45. The zero-order valence-electron chi connectivity index (χ0n) is 10.1. The van der Waals surface area contributed by atoms with Crippen molar-refractivity contribution in [3.63, 3.8) is 0 Å². The van der Waals surface area contributed by atoms with E-state index in [0.29, 0.717) is 0 Å². The highest BCUT2D eigenvalue weighted by atomic mass is 15.1. The minimum atomic E-state index is 0.787. The van der Waals surface area contributed by atoms with Gasteiger partial charge >= 0.3 is 0 Å². The summed E-state index contributed by atoms with van der Waals surface area (Å²) < 4.78 is 0. The number of rotatable bonds is 2. The van der Waals surface area contributed by atoms with Crippen LogP contribution < -0.4 is 0 Å². The van der Waals surface area contributed by atoms with Crippen LogP contribution in [0.1, 0.15) is 32.6 Å². The molecule has 84 valence electrons. The Morgan fingerprint density at radius 3 is 2.73 bits per heavy atom. The van der Waals surface area contributed by atoms with E-state index in [1.807, 2.05) is 0 Å². The predicted molar refractivity (Wildman–Crippen MR) is 65.8 cm³/mol. The third-order valence-corrected chi connectivity index (χ3v) is 3.93. The molecule has 1 heterocycles. The first-order valence-corrected chi connectivity index (χ1v) is 6.30. The molecule has 1 unspecified atom stereocenters. The molecule has 2 rings (SSSR count). The van der Waals surface area contributed by atoms with Crippen molar-refractivity contribution in [2.24, 2.45) is 11.8 Å². The van der Waals surface area contributed by atoms with E-state index in [0.717, 1.165) is 11.8 Å². The Kier molecular flexibility index (Phi) is 3.63. The van der Waals surface area contributed by atoms with E-state index >= 15 is 0 Å². The first kappa shape index (κ1) is 10.9. The second-order valence-electron chi connectivity index (χ2n) is 5.26. The maximum atomic E-state index is 2.45. The molecule has 0 saturated carbocycles. The molecule has 0 bridgehead atoms. The molecule has 0 aromatic heterocycles. The zero-order valence-corrected chi connectivity index (χ0v) is 10.1. The molecule has 15 heavy (non-hydrogen) atoms. The summed E-state index contributed by atoms with van der Waals surface area (Å²) in [4.78, 5) is 2.45. The molecule has 2 aliphatic rings. The van der Waals surface area contributed by atoms with Crippen LogP contribution in [0.25, 0.3) is 0 Å². The first-order chi connectivity index (χ1) is 7.25. The summed E-state index contributed by atoms with van der Waals surface area (Å²) in [5.74, 6) is 1.73. The Morgan fingerprint density at radius 2 is 2.07 bits per heavy atom. The summed E-state index contributed by atoms with van der Waals surface area (Å²) in [6.45, 7) is 4.95. The zero-order chi connectivity index (χ0) is 10.7. The molecular weight excluding hydrogens is 182 g/mol. The highest BCUT2D eigenvalue weighted by Crippen LogP contribution is 2.30. The van der Waals surface area contributed by atoms with Gasteiger partial charge in [-0.3, -0.25) is 0 Å². The number of nitrogens with zero attached hydrogens (tertiary/aromatic N) is 1. The monoisotopic (exact) mass is 205 g/mol. The Morgan fingerprint density at radius 1 is 1.33 bits per heavy atom. The molecule has 0 amide bonds. The Balaban J connectivity index is 1.86. The highest BCUT2D eigenvalue weighted by Gasteiger charge is 2.20. The van der Waals surface area contributed by atoms with Crippen LogP contribution in [-0.2, 0) is 0 Å². The van der Waals surface area contributed by atoms with Crippen LogP contribution in [0.4, 0.5) is 0 Å². The number of piperidine rings is 1. The number of likely N-dealkylation sites (tertiary alicyclic amines) is 1. The second kappa shape index (κ2) is 4.98. The van der Waals surface area contributed by atoms with Crippen molar-refractivity contribution in [1.29, 1.82) is 0 Å². The Bertz CT molecular complexity index is 257. The molecule has 1 aliphatic carbocycles. The average molecular weight is 205 g/mol. The number of hydrogen-bond acceptors (Lipinski definition) is 1. The fraction of sp³-hybridized carbons (Fsp3) is 0.714. The molecule has 0 N–H and O–H groups in total. The lowest BCUT2D eigenvalue weighted by molar-refractivity contribution is 0.216. The van der Waals surface area contributed by atoms with Gasteiger partial charge in [-0.1, -0.05) is 30.7 Å². The van der Waals surface area contributed by atoms with Crippen molar-refractivity contribution in [2.75, 3.05) is 20.1 Å². The molecular formula is C14H23N. The summed E-state index contributed by atoms with van der Waals surface area (Å²) in [7, 11) is 2.24. The minimum absolute atomic E-state index is 0.787. The van der Waals surface area contributed by atoms with Crippen LogP contribution in [0, 0.1) is 11.8 Å². The summed E-state index contributed by atoms with van der Waals surface area (Å²) in [6.07, 6.45) is 12.3. The van der Waals surface area contributed by atoms with E-state index in [1.165, 1.54) is 38.8 Å². The van der Waals surface area contributed by atoms with E-state index in [4.69, 9.17) is 0 Å². The van der Waals surface area contributed by atoms with Gasteiger partial charge in [-0.25, -0.2) is 0 Å². The lowest BCUT2D eigenvalue weighted by atomic mass is 9.83. The molecule has 1 saturated heterocycles. The van der Waals surface area contributed by atoms with Crippen LogP contribution in [0.3, 0.4) is 0 Å². The minimum Gasteiger partial charge on any atom is -0.306 e. The van der Waals surface area contributed by atoms with Gasteiger partial charge in [0.1, 0.15) is 0 Å². The van der Waals surface area contributed by atoms with E-state index in [2.05, 4.69) is 37.1 Å². The van der Waals surface area contributed by atoms with Crippen LogP contribution >= 0.6 is 0 Å². The first-order valence-electron chi connectivity index (χ1n) is 6.30. The molecule has 0 aromatic carbocycles. The summed E-state index contributed by atoms with van der Waals surface area (Å²) >= 11 is 0. The summed E-state index contributed by atoms with van der Waals surface area (Å²) in [5, 5.41) is 0. The molecule has 1 atom stereocenters. The highest BCUT2D eigenvalue weighted by molar-refractivity contribution is 5.20.